The van der Waals surface area contributed by atoms with Gasteiger partial charge < -0.3 is 4.74 Å². The van der Waals surface area contributed by atoms with Crippen molar-refractivity contribution in [2.45, 2.75) is 44.6 Å². The largest absolute Gasteiger partial charge is 0.496 e. The molecule has 3 N–H and O–H groups in total. The standard InChI is InChI=1S/C15H23BrN2O/c1-19-14-10-12(16)8-9-13(14)15(18-17)11-6-4-2-3-5-7-11/h8-11,15,18H,2-7,17H2,1H3. The van der Waals surface area contributed by atoms with Gasteiger partial charge in [-0.1, -0.05) is 47.7 Å². The van der Waals surface area contributed by atoms with Crippen molar-refractivity contribution in [2.24, 2.45) is 11.8 Å². The topological polar surface area (TPSA) is 47.3 Å². The predicted molar refractivity (Wildman–Crippen MR) is 82.0 cm³/mol. The Bertz CT molecular complexity index is 403. The number of nitrogens with two attached hydrogens (primary N) is 1. The number of benzene rings is 1. The molecule has 0 radical (unpaired) electrons. The molecule has 0 aliphatic heterocycles. The maximum Gasteiger partial charge on any atom is 0.124 e. The number of ether oxygens (including phenoxy) is 1. The Morgan fingerprint density at radius 2 is 1.95 bits per heavy atom. The molecule has 0 spiro atoms. The van der Waals surface area contributed by atoms with Gasteiger partial charge in [-0.05, 0) is 30.9 Å². The fourth-order valence-corrected chi connectivity index (χ4v) is 3.41. The van der Waals surface area contributed by atoms with E-state index in [1.807, 2.05) is 6.07 Å². The Labute approximate surface area is 124 Å². The summed E-state index contributed by atoms with van der Waals surface area (Å²) in [4.78, 5) is 0. The number of hydrogen-bond acceptors (Lipinski definition) is 3. The minimum Gasteiger partial charge on any atom is -0.496 e. The van der Waals surface area contributed by atoms with Crippen LogP contribution >= 0.6 is 15.9 Å². The molecule has 0 saturated heterocycles. The Morgan fingerprint density at radius 1 is 1.26 bits per heavy atom. The lowest BCUT2D eigenvalue weighted by Crippen LogP contribution is -2.33. The zero-order valence-corrected chi connectivity index (χ0v) is 13.1. The fourth-order valence-electron chi connectivity index (χ4n) is 3.07. The number of rotatable bonds is 4. The van der Waals surface area contributed by atoms with Crippen molar-refractivity contribution in [3.8, 4) is 5.75 Å². The first kappa shape index (κ1) is 14.8. The zero-order chi connectivity index (χ0) is 13.7. The summed E-state index contributed by atoms with van der Waals surface area (Å²) in [6.07, 6.45) is 7.81. The van der Waals surface area contributed by atoms with Crippen LogP contribution in [0.3, 0.4) is 0 Å². The highest BCUT2D eigenvalue weighted by Crippen LogP contribution is 2.37. The summed E-state index contributed by atoms with van der Waals surface area (Å²) in [7, 11) is 1.71. The number of hydrogen-bond donors (Lipinski definition) is 2. The maximum absolute atomic E-state index is 5.83. The average Bonchev–Trinajstić information content (AvgIpc) is 2.70. The quantitative estimate of drug-likeness (QED) is 0.500. The second-order valence-electron chi connectivity index (χ2n) is 5.28. The number of hydrazine groups is 1. The van der Waals surface area contributed by atoms with E-state index in [-0.39, 0.29) is 6.04 Å². The van der Waals surface area contributed by atoms with Gasteiger partial charge in [0.05, 0.1) is 13.2 Å². The monoisotopic (exact) mass is 326 g/mol. The lowest BCUT2D eigenvalue weighted by atomic mass is 9.87. The Morgan fingerprint density at radius 3 is 2.53 bits per heavy atom. The molecule has 1 aromatic rings. The predicted octanol–water partition coefficient (Wildman–Crippen LogP) is 3.93. The molecule has 0 aromatic heterocycles. The molecule has 1 atom stereocenters. The molecule has 1 saturated carbocycles. The summed E-state index contributed by atoms with van der Waals surface area (Å²) in [6.45, 7) is 0. The van der Waals surface area contributed by atoms with Crippen LogP contribution in [0.2, 0.25) is 0 Å². The van der Waals surface area contributed by atoms with Crippen LogP contribution < -0.4 is 16.0 Å². The van der Waals surface area contributed by atoms with Crippen molar-refractivity contribution in [1.82, 2.24) is 5.43 Å². The molecule has 1 fully saturated rings. The number of methoxy groups -OCH3 is 1. The van der Waals surface area contributed by atoms with E-state index < -0.39 is 0 Å². The molecule has 4 heteroatoms. The van der Waals surface area contributed by atoms with Gasteiger partial charge in [0, 0.05) is 10.0 Å². The van der Waals surface area contributed by atoms with Gasteiger partial charge in [0.15, 0.2) is 0 Å². The summed E-state index contributed by atoms with van der Waals surface area (Å²) < 4.78 is 6.54. The third-order valence-corrected chi connectivity index (χ3v) is 4.57. The van der Waals surface area contributed by atoms with Crippen molar-refractivity contribution in [2.75, 3.05) is 7.11 Å². The molecular formula is C15H23BrN2O. The van der Waals surface area contributed by atoms with E-state index in [4.69, 9.17) is 10.6 Å². The maximum atomic E-state index is 5.83. The van der Waals surface area contributed by atoms with E-state index in [9.17, 15) is 0 Å². The van der Waals surface area contributed by atoms with Gasteiger partial charge in [-0.2, -0.15) is 0 Å². The first-order chi connectivity index (χ1) is 9.26. The van der Waals surface area contributed by atoms with Crippen molar-refractivity contribution >= 4 is 15.9 Å². The summed E-state index contributed by atoms with van der Waals surface area (Å²) in [5.74, 6) is 7.33. The van der Waals surface area contributed by atoms with Crippen LogP contribution in [0.25, 0.3) is 0 Å². The van der Waals surface area contributed by atoms with Gasteiger partial charge in [0.25, 0.3) is 0 Å². The lowest BCUT2D eigenvalue weighted by Gasteiger charge is -2.27. The smallest absolute Gasteiger partial charge is 0.124 e. The molecule has 1 aliphatic carbocycles. The van der Waals surface area contributed by atoms with Crippen molar-refractivity contribution < 1.29 is 4.74 Å². The van der Waals surface area contributed by atoms with Crippen molar-refractivity contribution in [3.05, 3.63) is 28.2 Å². The molecule has 0 amide bonds. The minimum atomic E-state index is 0.182. The van der Waals surface area contributed by atoms with E-state index in [0.717, 1.165) is 10.2 Å². The van der Waals surface area contributed by atoms with Crippen molar-refractivity contribution in [3.63, 3.8) is 0 Å². The molecule has 1 aromatic carbocycles. The van der Waals surface area contributed by atoms with E-state index >= 15 is 0 Å². The molecule has 0 bridgehead atoms. The Hall–Kier alpha value is -0.580. The van der Waals surface area contributed by atoms with Gasteiger partial charge >= 0.3 is 0 Å². The SMILES string of the molecule is COc1cc(Br)ccc1C(NN)C1CCCCCC1. The van der Waals surface area contributed by atoms with Gasteiger partial charge in [-0.3, -0.25) is 11.3 Å². The second-order valence-corrected chi connectivity index (χ2v) is 6.20. The number of halogens is 1. The third-order valence-electron chi connectivity index (χ3n) is 4.08. The van der Waals surface area contributed by atoms with E-state index in [1.54, 1.807) is 7.11 Å². The third kappa shape index (κ3) is 3.71. The molecule has 19 heavy (non-hydrogen) atoms. The molecule has 3 nitrogen and oxygen atoms in total. The van der Waals surface area contributed by atoms with Crippen LogP contribution in [0, 0.1) is 5.92 Å². The first-order valence-electron chi connectivity index (χ1n) is 7.06. The first-order valence-corrected chi connectivity index (χ1v) is 7.85. The minimum absolute atomic E-state index is 0.182. The summed E-state index contributed by atoms with van der Waals surface area (Å²) in [5.41, 5.74) is 4.18. The summed E-state index contributed by atoms with van der Waals surface area (Å²) >= 11 is 3.49. The molecule has 1 unspecified atom stereocenters. The van der Waals surface area contributed by atoms with Gasteiger partial charge in [-0.15, -0.1) is 0 Å². The molecule has 0 heterocycles. The van der Waals surface area contributed by atoms with E-state index in [2.05, 4.69) is 33.5 Å². The Balaban J connectivity index is 2.24. The van der Waals surface area contributed by atoms with Gasteiger partial charge in [0.2, 0.25) is 0 Å². The highest BCUT2D eigenvalue weighted by molar-refractivity contribution is 9.10. The van der Waals surface area contributed by atoms with Gasteiger partial charge in [0.1, 0.15) is 5.75 Å². The van der Waals surface area contributed by atoms with Crippen LogP contribution in [0.5, 0.6) is 5.75 Å². The van der Waals surface area contributed by atoms with E-state index in [1.165, 1.54) is 44.1 Å². The normalized spacial score (nSPS) is 18.9. The highest BCUT2D eigenvalue weighted by Gasteiger charge is 2.25. The highest BCUT2D eigenvalue weighted by atomic mass is 79.9. The molecule has 106 valence electrons. The summed E-state index contributed by atoms with van der Waals surface area (Å²) in [6, 6.07) is 6.36. The molecular weight excluding hydrogens is 304 g/mol. The Kier molecular flexibility index (Phi) is 5.67. The fraction of sp³-hybridized carbons (Fsp3) is 0.600. The van der Waals surface area contributed by atoms with E-state index in [0.29, 0.717) is 5.92 Å². The van der Waals surface area contributed by atoms with Crippen LogP contribution in [0.4, 0.5) is 0 Å². The van der Waals surface area contributed by atoms with Gasteiger partial charge in [-0.25, -0.2) is 0 Å². The van der Waals surface area contributed by atoms with Crippen LogP contribution in [0.15, 0.2) is 22.7 Å². The second kappa shape index (κ2) is 7.27. The lowest BCUT2D eigenvalue weighted by molar-refractivity contribution is 0.315. The average molecular weight is 327 g/mol. The van der Waals surface area contributed by atoms with Crippen LogP contribution in [0.1, 0.15) is 50.1 Å². The molecule has 2 rings (SSSR count). The number of nitrogens with one attached hydrogen (secondary N) is 1. The zero-order valence-electron chi connectivity index (χ0n) is 11.5. The van der Waals surface area contributed by atoms with Crippen LogP contribution in [-0.4, -0.2) is 7.11 Å². The van der Waals surface area contributed by atoms with Crippen LogP contribution in [-0.2, 0) is 0 Å². The summed E-state index contributed by atoms with van der Waals surface area (Å²) in [5, 5.41) is 0. The van der Waals surface area contributed by atoms with Crippen molar-refractivity contribution in [1.29, 1.82) is 0 Å². The molecule has 1 aliphatic rings.